The lowest BCUT2D eigenvalue weighted by Gasteiger charge is -2.16. The summed E-state index contributed by atoms with van der Waals surface area (Å²) < 4.78 is 13.3. The van der Waals surface area contributed by atoms with Gasteiger partial charge in [0, 0.05) is 31.0 Å². The highest BCUT2D eigenvalue weighted by molar-refractivity contribution is 5.75. The molecule has 1 aliphatic heterocycles. The molecule has 0 aliphatic carbocycles. The van der Waals surface area contributed by atoms with Crippen LogP contribution in [-0.4, -0.2) is 53.6 Å². The zero-order chi connectivity index (χ0) is 17.8. The normalized spacial score (nSPS) is 17.2. The summed E-state index contributed by atoms with van der Waals surface area (Å²) in [5.41, 5.74) is 8.20. The van der Waals surface area contributed by atoms with E-state index in [1.165, 1.54) is 0 Å². The first-order valence-electron chi connectivity index (χ1n) is 8.28. The quantitative estimate of drug-likeness (QED) is 0.862. The number of rotatable bonds is 6. The summed E-state index contributed by atoms with van der Waals surface area (Å²) in [6.45, 7) is 1.86. The Kier molecular flexibility index (Phi) is 5.23. The lowest BCUT2D eigenvalue weighted by molar-refractivity contribution is -0.118. The van der Waals surface area contributed by atoms with Crippen molar-refractivity contribution in [1.29, 1.82) is 0 Å². The third-order valence-electron chi connectivity index (χ3n) is 4.19. The van der Waals surface area contributed by atoms with Gasteiger partial charge >= 0.3 is 0 Å². The molecule has 0 unspecified atom stereocenters. The molecule has 1 aliphatic rings. The van der Waals surface area contributed by atoms with Crippen molar-refractivity contribution < 1.29 is 9.18 Å². The van der Waals surface area contributed by atoms with Crippen molar-refractivity contribution in [1.82, 2.24) is 14.9 Å². The van der Waals surface area contributed by atoms with E-state index in [0.717, 1.165) is 16.7 Å². The van der Waals surface area contributed by atoms with Crippen LogP contribution in [0.2, 0.25) is 0 Å². The van der Waals surface area contributed by atoms with E-state index in [0.29, 0.717) is 32.0 Å². The van der Waals surface area contributed by atoms with Crippen LogP contribution < -0.4 is 10.6 Å². The molecule has 132 valence electrons. The Morgan fingerprint density at radius 1 is 1.36 bits per heavy atom. The molecule has 7 heteroatoms. The molecule has 1 amide bonds. The number of anilines is 1. The Bertz CT molecular complexity index is 737. The summed E-state index contributed by atoms with van der Waals surface area (Å²) in [5.74, 6) is 0.223. The summed E-state index contributed by atoms with van der Waals surface area (Å²) in [6.07, 6.45) is 3.27. The largest absolute Gasteiger partial charge is 0.369 e. The molecule has 1 saturated heterocycles. The van der Waals surface area contributed by atoms with Crippen molar-refractivity contribution >= 4 is 11.9 Å². The highest BCUT2D eigenvalue weighted by atomic mass is 19.1. The molecule has 1 fully saturated rings. The average Bonchev–Trinajstić information content (AvgIpc) is 3.01. The van der Waals surface area contributed by atoms with E-state index in [2.05, 4.69) is 9.97 Å². The zero-order valence-corrected chi connectivity index (χ0v) is 14.2. The van der Waals surface area contributed by atoms with Gasteiger partial charge < -0.3 is 10.6 Å². The van der Waals surface area contributed by atoms with Gasteiger partial charge in [0.05, 0.1) is 13.1 Å². The van der Waals surface area contributed by atoms with E-state index in [1.807, 2.05) is 41.1 Å². The number of likely N-dealkylation sites (N-methyl/N-ethyl adjacent to an activating group) is 1. The SMILES string of the molecule is CN(CC(N)=O)Cc1cccc(-c2cnc(N3CC[C@H](F)C3)nc2)c1. The van der Waals surface area contributed by atoms with Crippen LogP contribution in [-0.2, 0) is 11.3 Å². The van der Waals surface area contributed by atoms with Crippen molar-refractivity contribution in [2.45, 2.75) is 19.1 Å². The number of amides is 1. The van der Waals surface area contributed by atoms with Crippen LogP contribution in [0.4, 0.5) is 10.3 Å². The maximum absolute atomic E-state index is 13.3. The van der Waals surface area contributed by atoms with Crippen molar-refractivity contribution in [2.75, 3.05) is 31.6 Å². The first-order chi connectivity index (χ1) is 12.0. The standard InChI is InChI=1S/C18H22FN5O/c1-23(12-17(20)25)10-13-3-2-4-14(7-13)15-8-21-18(22-9-15)24-6-5-16(19)11-24/h2-4,7-9,16H,5-6,10-12H2,1H3,(H2,20,25)/t16-/m0/s1. The molecule has 1 atom stereocenters. The first kappa shape index (κ1) is 17.3. The van der Waals surface area contributed by atoms with Crippen LogP contribution in [0.3, 0.4) is 0 Å². The number of hydrogen-bond acceptors (Lipinski definition) is 5. The van der Waals surface area contributed by atoms with Gasteiger partial charge in [0.25, 0.3) is 0 Å². The number of halogens is 1. The van der Waals surface area contributed by atoms with Gasteiger partial charge in [-0.2, -0.15) is 0 Å². The molecule has 2 N–H and O–H groups in total. The summed E-state index contributed by atoms with van der Waals surface area (Å²) in [4.78, 5) is 23.5. The van der Waals surface area contributed by atoms with E-state index in [9.17, 15) is 9.18 Å². The minimum Gasteiger partial charge on any atom is -0.369 e. The monoisotopic (exact) mass is 343 g/mol. The van der Waals surface area contributed by atoms with Crippen molar-refractivity contribution in [3.05, 3.63) is 42.2 Å². The van der Waals surface area contributed by atoms with E-state index >= 15 is 0 Å². The van der Waals surface area contributed by atoms with Crippen LogP contribution in [0, 0.1) is 0 Å². The number of hydrogen-bond donors (Lipinski definition) is 1. The lowest BCUT2D eigenvalue weighted by Crippen LogP contribution is -2.30. The Balaban J connectivity index is 1.71. The fourth-order valence-electron chi connectivity index (χ4n) is 3.02. The number of primary amides is 1. The van der Waals surface area contributed by atoms with E-state index in [4.69, 9.17) is 5.73 Å². The smallest absolute Gasteiger partial charge is 0.231 e. The number of nitrogens with two attached hydrogens (primary N) is 1. The van der Waals surface area contributed by atoms with Gasteiger partial charge in [0.1, 0.15) is 6.17 Å². The topological polar surface area (TPSA) is 75.3 Å². The van der Waals surface area contributed by atoms with Crippen molar-refractivity contribution in [3.63, 3.8) is 0 Å². The molecule has 1 aromatic heterocycles. The van der Waals surface area contributed by atoms with Crippen molar-refractivity contribution in [3.8, 4) is 11.1 Å². The fourth-order valence-corrected chi connectivity index (χ4v) is 3.02. The molecule has 0 saturated carbocycles. The van der Waals surface area contributed by atoms with Crippen LogP contribution in [0.1, 0.15) is 12.0 Å². The number of nitrogens with zero attached hydrogens (tertiary/aromatic N) is 4. The van der Waals surface area contributed by atoms with Gasteiger partial charge in [-0.25, -0.2) is 14.4 Å². The lowest BCUT2D eigenvalue weighted by atomic mass is 10.1. The van der Waals surface area contributed by atoms with Crippen LogP contribution in [0.5, 0.6) is 0 Å². The minimum absolute atomic E-state index is 0.216. The summed E-state index contributed by atoms with van der Waals surface area (Å²) >= 11 is 0. The first-order valence-corrected chi connectivity index (χ1v) is 8.28. The molecule has 0 radical (unpaired) electrons. The maximum atomic E-state index is 13.3. The molecule has 1 aromatic carbocycles. The molecule has 25 heavy (non-hydrogen) atoms. The third kappa shape index (κ3) is 4.51. The predicted octanol–water partition coefficient (Wildman–Crippen LogP) is 1.61. The molecule has 0 spiro atoms. The zero-order valence-electron chi connectivity index (χ0n) is 14.2. The Labute approximate surface area is 146 Å². The number of carbonyl (C=O) groups is 1. The second kappa shape index (κ2) is 7.57. The Morgan fingerprint density at radius 2 is 2.12 bits per heavy atom. The third-order valence-corrected chi connectivity index (χ3v) is 4.19. The molecule has 0 bridgehead atoms. The van der Waals surface area contributed by atoms with Gasteiger partial charge in [-0.15, -0.1) is 0 Å². The van der Waals surface area contributed by atoms with Crippen LogP contribution in [0.25, 0.3) is 11.1 Å². The van der Waals surface area contributed by atoms with Gasteiger partial charge in [-0.3, -0.25) is 9.69 Å². The second-order valence-electron chi connectivity index (χ2n) is 6.44. The van der Waals surface area contributed by atoms with Gasteiger partial charge in [-0.1, -0.05) is 18.2 Å². The minimum atomic E-state index is -0.794. The Hall–Kier alpha value is -2.54. The molecule has 2 aromatic rings. The number of aromatic nitrogens is 2. The van der Waals surface area contributed by atoms with Crippen molar-refractivity contribution in [2.24, 2.45) is 5.73 Å². The van der Waals surface area contributed by atoms with Crippen LogP contribution >= 0.6 is 0 Å². The molecule has 6 nitrogen and oxygen atoms in total. The van der Waals surface area contributed by atoms with E-state index in [1.54, 1.807) is 12.4 Å². The van der Waals surface area contributed by atoms with E-state index < -0.39 is 6.17 Å². The predicted molar refractivity (Wildman–Crippen MR) is 94.7 cm³/mol. The number of alkyl halides is 1. The van der Waals surface area contributed by atoms with Gasteiger partial charge in [0.15, 0.2) is 0 Å². The second-order valence-corrected chi connectivity index (χ2v) is 6.44. The van der Waals surface area contributed by atoms with E-state index in [-0.39, 0.29) is 12.5 Å². The molecule has 2 heterocycles. The molecular formula is C18H22FN5O. The molecule has 3 rings (SSSR count). The average molecular weight is 343 g/mol. The summed E-state index contributed by atoms with van der Waals surface area (Å²) in [7, 11) is 1.85. The summed E-state index contributed by atoms with van der Waals surface area (Å²) in [6, 6.07) is 8.00. The van der Waals surface area contributed by atoms with Gasteiger partial charge in [0.2, 0.25) is 11.9 Å². The fraction of sp³-hybridized carbons (Fsp3) is 0.389. The number of benzene rings is 1. The summed E-state index contributed by atoms with van der Waals surface area (Å²) in [5, 5.41) is 0. The highest BCUT2D eigenvalue weighted by Crippen LogP contribution is 2.23. The van der Waals surface area contributed by atoms with Gasteiger partial charge in [-0.05, 0) is 30.7 Å². The van der Waals surface area contributed by atoms with Crippen LogP contribution in [0.15, 0.2) is 36.7 Å². The Morgan fingerprint density at radius 3 is 2.76 bits per heavy atom. The maximum Gasteiger partial charge on any atom is 0.231 e. The number of carbonyl (C=O) groups excluding carboxylic acids is 1. The molecular weight excluding hydrogens is 321 g/mol. The highest BCUT2D eigenvalue weighted by Gasteiger charge is 2.23.